The Bertz CT molecular complexity index is 756. The molecule has 0 aliphatic heterocycles. The van der Waals surface area contributed by atoms with Gasteiger partial charge in [0, 0.05) is 5.56 Å². The van der Waals surface area contributed by atoms with Crippen LogP contribution in [0.4, 0.5) is 18.0 Å². The van der Waals surface area contributed by atoms with Crippen LogP contribution in [0.25, 0.3) is 0 Å². The van der Waals surface area contributed by atoms with Gasteiger partial charge in [-0.15, -0.1) is 4.83 Å². The molecule has 0 saturated carbocycles. The second-order valence-electron chi connectivity index (χ2n) is 6.05. The highest BCUT2D eigenvalue weighted by Gasteiger charge is 2.28. The monoisotopic (exact) mass is 397 g/mol. The molecule has 2 amide bonds. The van der Waals surface area contributed by atoms with E-state index in [2.05, 4.69) is 0 Å². The van der Waals surface area contributed by atoms with Gasteiger partial charge in [0.2, 0.25) is 0 Å². The molecule has 0 spiro atoms. The van der Waals surface area contributed by atoms with E-state index in [0.29, 0.717) is 0 Å². The molecule has 0 fully saturated rings. The zero-order chi connectivity index (χ0) is 20.2. The van der Waals surface area contributed by atoms with Crippen LogP contribution in [0.5, 0.6) is 0 Å². The maximum atomic E-state index is 12.1. The van der Waals surface area contributed by atoms with E-state index in [-0.39, 0.29) is 10.5 Å². The Labute approximate surface area is 148 Å². The van der Waals surface area contributed by atoms with E-state index in [1.165, 1.54) is 0 Å². The molecule has 26 heavy (non-hydrogen) atoms. The minimum absolute atomic E-state index is 0.159. The van der Waals surface area contributed by atoms with Gasteiger partial charge in [-0.2, -0.15) is 13.2 Å². The largest absolute Gasteiger partial charge is 0.443 e. The second-order valence-corrected chi connectivity index (χ2v) is 7.74. The Hall–Kier alpha value is -2.34. The molecule has 8 nitrogen and oxygen atoms in total. The Morgan fingerprint density at radius 3 is 2.08 bits per heavy atom. The number of halogens is 3. The smallest absolute Gasteiger partial charge is 0.423 e. The van der Waals surface area contributed by atoms with Gasteiger partial charge < -0.3 is 10.1 Å². The normalized spacial score (nSPS) is 12.4. The van der Waals surface area contributed by atoms with Crippen molar-refractivity contribution >= 4 is 22.0 Å². The van der Waals surface area contributed by atoms with Gasteiger partial charge in [-0.1, -0.05) is 0 Å². The number of benzene rings is 1. The first-order valence-electron chi connectivity index (χ1n) is 7.15. The maximum absolute atomic E-state index is 12.1. The molecule has 0 bridgehead atoms. The van der Waals surface area contributed by atoms with E-state index in [1.807, 2.05) is 5.43 Å². The van der Waals surface area contributed by atoms with Crippen LogP contribution in [-0.2, 0) is 14.8 Å². The van der Waals surface area contributed by atoms with Crippen molar-refractivity contribution in [2.24, 2.45) is 0 Å². The highest BCUT2D eigenvalue weighted by Crippen LogP contribution is 2.14. The minimum atomic E-state index is -4.56. The second kappa shape index (κ2) is 7.91. The van der Waals surface area contributed by atoms with Crippen molar-refractivity contribution < 1.29 is 35.9 Å². The molecule has 1 rings (SSSR count). The van der Waals surface area contributed by atoms with Crippen molar-refractivity contribution in [3.8, 4) is 0 Å². The zero-order valence-electron chi connectivity index (χ0n) is 14.1. The summed E-state index contributed by atoms with van der Waals surface area (Å²) in [7, 11) is -4.16. The number of ether oxygens (including phenoxy) is 1. The number of sulfonamides is 1. The summed E-state index contributed by atoms with van der Waals surface area (Å²) in [5, 5.41) is 1.66. The quantitative estimate of drug-likeness (QED) is 0.655. The molecule has 0 atom stereocenters. The molecule has 1 aromatic carbocycles. The lowest BCUT2D eigenvalue weighted by Crippen LogP contribution is -2.44. The van der Waals surface area contributed by atoms with Crippen LogP contribution in [0.2, 0.25) is 0 Å². The first-order chi connectivity index (χ1) is 11.7. The lowest BCUT2D eigenvalue weighted by Gasteiger charge is -2.19. The summed E-state index contributed by atoms with van der Waals surface area (Å²) in [6.07, 6.45) is -5.58. The summed E-state index contributed by atoms with van der Waals surface area (Å²) in [6, 6.07) is 4.07. The van der Waals surface area contributed by atoms with E-state index in [1.54, 1.807) is 30.9 Å². The lowest BCUT2D eigenvalue weighted by atomic mass is 10.2. The topological polar surface area (TPSA) is 114 Å². The van der Waals surface area contributed by atoms with Gasteiger partial charge in [-0.3, -0.25) is 4.79 Å². The number of amides is 2. The Balaban J connectivity index is 2.71. The number of carbonyl (C=O) groups is 2. The molecule has 0 saturated heterocycles. The minimum Gasteiger partial charge on any atom is -0.443 e. The van der Waals surface area contributed by atoms with Crippen molar-refractivity contribution in [3.63, 3.8) is 0 Å². The van der Waals surface area contributed by atoms with Gasteiger partial charge in [0.25, 0.3) is 15.9 Å². The molecule has 1 aromatic rings. The van der Waals surface area contributed by atoms with Crippen molar-refractivity contribution in [2.45, 2.75) is 37.4 Å². The fourth-order valence-corrected chi connectivity index (χ4v) is 2.37. The Morgan fingerprint density at radius 2 is 1.62 bits per heavy atom. The van der Waals surface area contributed by atoms with Crippen LogP contribution < -0.4 is 15.6 Å². The highest BCUT2D eigenvalue weighted by molar-refractivity contribution is 7.89. The first kappa shape index (κ1) is 21.7. The van der Waals surface area contributed by atoms with Crippen LogP contribution in [-0.4, -0.2) is 38.7 Å². The predicted octanol–water partition coefficient (Wildman–Crippen LogP) is 1.70. The standard InChI is InChI=1S/C14H18F3N3O5S/c1-13(2,3)25-12(22)19-20-26(23,24)10-6-4-9(5-7-10)11(21)18-8-14(15,16)17/h4-7,20H,8H2,1-3H3,(H,18,21)(H,19,22). The first-order valence-corrected chi connectivity index (χ1v) is 8.64. The van der Waals surface area contributed by atoms with Gasteiger partial charge in [0.15, 0.2) is 0 Å². The van der Waals surface area contributed by atoms with E-state index in [0.717, 1.165) is 24.3 Å². The van der Waals surface area contributed by atoms with Crippen LogP contribution >= 0.6 is 0 Å². The third-order valence-corrected chi connectivity index (χ3v) is 3.83. The Morgan fingerprint density at radius 1 is 1.08 bits per heavy atom. The van der Waals surface area contributed by atoms with Gasteiger partial charge in [0.1, 0.15) is 12.1 Å². The molecule has 0 aliphatic carbocycles. The molecular formula is C14H18F3N3O5S. The third kappa shape index (κ3) is 7.70. The molecule has 0 unspecified atom stereocenters. The summed E-state index contributed by atoms with van der Waals surface area (Å²) >= 11 is 0. The summed E-state index contributed by atoms with van der Waals surface area (Å²) in [4.78, 5) is 24.4. The maximum Gasteiger partial charge on any atom is 0.423 e. The molecule has 0 radical (unpaired) electrons. The number of hydrazine groups is 1. The van der Waals surface area contributed by atoms with Gasteiger partial charge in [-0.05, 0) is 45.0 Å². The van der Waals surface area contributed by atoms with Crippen LogP contribution in [0.15, 0.2) is 29.2 Å². The number of nitrogens with one attached hydrogen (secondary N) is 3. The van der Waals surface area contributed by atoms with Gasteiger partial charge in [-0.25, -0.2) is 18.6 Å². The van der Waals surface area contributed by atoms with Crippen molar-refractivity contribution in [2.75, 3.05) is 6.54 Å². The number of hydrogen-bond acceptors (Lipinski definition) is 5. The van der Waals surface area contributed by atoms with Crippen molar-refractivity contribution in [1.82, 2.24) is 15.6 Å². The average molecular weight is 397 g/mol. The Kier molecular flexibility index (Phi) is 6.60. The van der Waals surface area contributed by atoms with Gasteiger partial charge >= 0.3 is 12.3 Å². The van der Waals surface area contributed by atoms with Crippen molar-refractivity contribution in [3.05, 3.63) is 29.8 Å². The average Bonchev–Trinajstić information content (AvgIpc) is 2.48. The summed E-state index contributed by atoms with van der Waals surface area (Å²) in [5.74, 6) is -1.01. The van der Waals surface area contributed by atoms with E-state index < -0.39 is 40.3 Å². The van der Waals surface area contributed by atoms with Gasteiger partial charge in [0.05, 0.1) is 4.90 Å². The van der Waals surface area contributed by atoms with Crippen molar-refractivity contribution in [1.29, 1.82) is 0 Å². The number of rotatable bonds is 5. The van der Waals surface area contributed by atoms with E-state index in [4.69, 9.17) is 4.74 Å². The van der Waals surface area contributed by atoms with E-state index in [9.17, 15) is 31.2 Å². The summed E-state index contributed by atoms with van der Waals surface area (Å²) in [5.41, 5.74) is 0.857. The number of hydrogen-bond donors (Lipinski definition) is 3. The SMILES string of the molecule is CC(C)(C)OC(=O)NNS(=O)(=O)c1ccc(C(=O)NCC(F)(F)F)cc1. The zero-order valence-corrected chi connectivity index (χ0v) is 14.9. The molecule has 146 valence electrons. The van der Waals surface area contributed by atoms with Crippen LogP contribution in [0, 0.1) is 0 Å². The highest BCUT2D eigenvalue weighted by atomic mass is 32.2. The fraction of sp³-hybridized carbons (Fsp3) is 0.429. The van der Waals surface area contributed by atoms with E-state index >= 15 is 0 Å². The number of carbonyl (C=O) groups excluding carboxylic acids is 2. The third-order valence-electron chi connectivity index (χ3n) is 2.56. The molecule has 3 N–H and O–H groups in total. The summed E-state index contributed by atoms with van der Waals surface area (Å²) in [6.45, 7) is 3.25. The molecule has 12 heteroatoms. The summed E-state index contributed by atoms with van der Waals surface area (Å²) < 4.78 is 65.0. The lowest BCUT2D eigenvalue weighted by molar-refractivity contribution is -0.123. The predicted molar refractivity (Wildman–Crippen MR) is 84.5 cm³/mol. The molecule has 0 heterocycles. The molecule has 0 aliphatic rings. The molecular weight excluding hydrogens is 379 g/mol. The molecule has 0 aromatic heterocycles. The van der Waals surface area contributed by atoms with Crippen LogP contribution in [0.1, 0.15) is 31.1 Å². The van der Waals surface area contributed by atoms with Crippen LogP contribution in [0.3, 0.4) is 0 Å². The fourth-order valence-electron chi connectivity index (χ4n) is 1.54. The number of alkyl halides is 3.